The predicted octanol–water partition coefficient (Wildman–Crippen LogP) is 2.35. The van der Waals surface area contributed by atoms with Gasteiger partial charge in [-0.15, -0.1) is 11.8 Å². The molecule has 1 amide bonds. The monoisotopic (exact) mass is 352 g/mol. The van der Waals surface area contributed by atoms with Crippen molar-refractivity contribution in [2.75, 3.05) is 50.6 Å². The number of benzene rings is 1. The van der Waals surface area contributed by atoms with E-state index in [9.17, 15) is 4.79 Å². The highest BCUT2D eigenvalue weighted by molar-refractivity contribution is 7.99. The molecule has 2 aliphatic rings. The molecule has 2 heterocycles. The summed E-state index contributed by atoms with van der Waals surface area (Å²) in [7, 11) is 0. The molecule has 6 heteroatoms. The number of amides is 1. The third kappa shape index (κ3) is 4.05. The second kappa shape index (κ2) is 7.92. The SMILES string of the molecule is CSc1ccc(C(=O)NCC2(N3CCOCC3)CCSC2)cc1. The zero-order chi connectivity index (χ0) is 16.1. The van der Waals surface area contributed by atoms with Gasteiger partial charge in [0.2, 0.25) is 0 Å². The van der Waals surface area contributed by atoms with Crippen LogP contribution in [0.15, 0.2) is 29.2 Å². The first-order valence-electron chi connectivity index (χ1n) is 8.06. The molecular weight excluding hydrogens is 328 g/mol. The van der Waals surface area contributed by atoms with E-state index in [1.807, 2.05) is 42.3 Å². The molecule has 0 radical (unpaired) electrons. The van der Waals surface area contributed by atoms with E-state index in [0.717, 1.165) is 50.6 Å². The summed E-state index contributed by atoms with van der Waals surface area (Å²) < 4.78 is 5.48. The summed E-state index contributed by atoms with van der Waals surface area (Å²) in [6.45, 7) is 4.27. The van der Waals surface area contributed by atoms with Crippen LogP contribution >= 0.6 is 23.5 Å². The van der Waals surface area contributed by atoms with Gasteiger partial charge in [-0.2, -0.15) is 11.8 Å². The number of carbonyl (C=O) groups is 1. The minimum Gasteiger partial charge on any atom is -0.379 e. The minimum atomic E-state index is 0.0298. The lowest BCUT2D eigenvalue weighted by atomic mass is 9.95. The van der Waals surface area contributed by atoms with E-state index in [4.69, 9.17) is 4.74 Å². The van der Waals surface area contributed by atoms with E-state index < -0.39 is 0 Å². The Morgan fingerprint density at radius 1 is 1.35 bits per heavy atom. The Kier molecular flexibility index (Phi) is 5.91. The molecular formula is C17H24N2O2S2. The number of ether oxygens (including phenoxy) is 1. The van der Waals surface area contributed by atoms with Gasteiger partial charge in [-0.3, -0.25) is 9.69 Å². The molecule has 3 rings (SSSR count). The van der Waals surface area contributed by atoms with Crippen LogP contribution in [0.25, 0.3) is 0 Å². The number of morpholine rings is 1. The summed E-state index contributed by atoms with van der Waals surface area (Å²) in [4.78, 5) is 16.2. The fourth-order valence-electron chi connectivity index (χ4n) is 3.22. The van der Waals surface area contributed by atoms with Crippen molar-refractivity contribution in [2.45, 2.75) is 16.9 Å². The summed E-state index contributed by atoms with van der Waals surface area (Å²) in [5.41, 5.74) is 0.842. The van der Waals surface area contributed by atoms with Gasteiger partial charge in [0.25, 0.3) is 5.91 Å². The molecule has 23 heavy (non-hydrogen) atoms. The van der Waals surface area contributed by atoms with Crippen molar-refractivity contribution in [3.05, 3.63) is 29.8 Å². The fourth-order valence-corrected chi connectivity index (χ4v) is 5.11. The number of nitrogens with zero attached hydrogens (tertiary/aromatic N) is 1. The van der Waals surface area contributed by atoms with Gasteiger partial charge in [0.1, 0.15) is 0 Å². The van der Waals surface area contributed by atoms with Crippen LogP contribution in [0.2, 0.25) is 0 Å². The highest BCUT2D eigenvalue weighted by Gasteiger charge is 2.40. The third-order valence-corrected chi connectivity index (χ3v) is 6.67. The average molecular weight is 353 g/mol. The first-order valence-corrected chi connectivity index (χ1v) is 10.4. The lowest BCUT2D eigenvalue weighted by Gasteiger charge is -2.43. The van der Waals surface area contributed by atoms with Crippen molar-refractivity contribution in [3.8, 4) is 0 Å². The maximum Gasteiger partial charge on any atom is 0.251 e. The van der Waals surface area contributed by atoms with Crippen molar-refractivity contribution in [1.29, 1.82) is 0 Å². The fraction of sp³-hybridized carbons (Fsp3) is 0.588. The van der Waals surface area contributed by atoms with Crippen molar-refractivity contribution in [2.24, 2.45) is 0 Å². The molecule has 2 saturated heterocycles. The smallest absolute Gasteiger partial charge is 0.251 e. The molecule has 0 saturated carbocycles. The first-order chi connectivity index (χ1) is 11.2. The van der Waals surface area contributed by atoms with E-state index >= 15 is 0 Å². The van der Waals surface area contributed by atoms with Crippen molar-refractivity contribution >= 4 is 29.4 Å². The Balaban J connectivity index is 1.62. The van der Waals surface area contributed by atoms with Gasteiger partial charge in [0, 0.05) is 41.4 Å². The van der Waals surface area contributed by atoms with Crippen LogP contribution in [0.3, 0.4) is 0 Å². The standard InChI is InChI=1S/C17H24N2O2S2/c1-22-15-4-2-14(3-5-15)16(20)18-12-17(6-11-23-13-17)19-7-9-21-10-8-19/h2-5H,6-13H2,1H3,(H,18,20). The Labute approximate surface area is 146 Å². The molecule has 2 aliphatic heterocycles. The van der Waals surface area contributed by atoms with Crippen LogP contribution in [-0.2, 0) is 4.74 Å². The number of carbonyl (C=O) groups excluding carboxylic acids is 1. The van der Waals surface area contributed by atoms with Gasteiger partial charge in [-0.05, 0) is 42.7 Å². The van der Waals surface area contributed by atoms with Crippen molar-refractivity contribution < 1.29 is 9.53 Å². The van der Waals surface area contributed by atoms with Gasteiger partial charge in [-0.25, -0.2) is 0 Å². The van der Waals surface area contributed by atoms with Crippen molar-refractivity contribution in [1.82, 2.24) is 10.2 Å². The van der Waals surface area contributed by atoms with Gasteiger partial charge >= 0.3 is 0 Å². The van der Waals surface area contributed by atoms with E-state index in [1.165, 1.54) is 10.6 Å². The van der Waals surface area contributed by atoms with Gasteiger partial charge < -0.3 is 10.1 Å². The van der Waals surface area contributed by atoms with Gasteiger partial charge in [0.05, 0.1) is 13.2 Å². The number of hydrogen-bond donors (Lipinski definition) is 1. The summed E-state index contributed by atoms with van der Waals surface area (Å²) in [5.74, 6) is 2.30. The normalized spacial score (nSPS) is 25.4. The maximum absolute atomic E-state index is 12.5. The van der Waals surface area contributed by atoms with E-state index in [-0.39, 0.29) is 11.4 Å². The van der Waals surface area contributed by atoms with Crippen LogP contribution in [0.1, 0.15) is 16.8 Å². The molecule has 2 fully saturated rings. The van der Waals surface area contributed by atoms with Crippen LogP contribution in [-0.4, -0.2) is 67.0 Å². The lowest BCUT2D eigenvalue weighted by Crippen LogP contribution is -2.59. The second-order valence-electron chi connectivity index (χ2n) is 6.04. The highest BCUT2D eigenvalue weighted by atomic mass is 32.2. The lowest BCUT2D eigenvalue weighted by molar-refractivity contribution is -0.0129. The van der Waals surface area contributed by atoms with Crippen LogP contribution in [0, 0.1) is 0 Å². The van der Waals surface area contributed by atoms with Crippen LogP contribution in [0.4, 0.5) is 0 Å². The Bertz CT molecular complexity index is 524. The van der Waals surface area contributed by atoms with Gasteiger partial charge in [-0.1, -0.05) is 0 Å². The molecule has 1 unspecified atom stereocenters. The quantitative estimate of drug-likeness (QED) is 0.824. The number of thioether (sulfide) groups is 2. The van der Waals surface area contributed by atoms with Crippen molar-refractivity contribution in [3.63, 3.8) is 0 Å². The van der Waals surface area contributed by atoms with Crippen LogP contribution < -0.4 is 5.32 Å². The molecule has 0 aromatic heterocycles. The molecule has 0 aliphatic carbocycles. The van der Waals surface area contributed by atoms with E-state index in [0.29, 0.717) is 0 Å². The topological polar surface area (TPSA) is 41.6 Å². The number of rotatable bonds is 5. The molecule has 4 nitrogen and oxygen atoms in total. The largest absolute Gasteiger partial charge is 0.379 e. The Morgan fingerprint density at radius 2 is 2.09 bits per heavy atom. The molecule has 0 spiro atoms. The third-order valence-electron chi connectivity index (χ3n) is 4.69. The van der Waals surface area contributed by atoms with E-state index in [2.05, 4.69) is 10.2 Å². The minimum absolute atomic E-state index is 0.0298. The Hall–Kier alpha value is -0.690. The van der Waals surface area contributed by atoms with Crippen LogP contribution in [0.5, 0.6) is 0 Å². The zero-order valence-corrected chi connectivity index (χ0v) is 15.2. The predicted molar refractivity (Wildman–Crippen MR) is 97.6 cm³/mol. The second-order valence-corrected chi connectivity index (χ2v) is 8.02. The highest BCUT2D eigenvalue weighted by Crippen LogP contribution is 2.33. The molecule has 126 valence electrons. The maximum atomic E-state index is 12.5. The first kappa shape index (κ1) is 17.1. The molecule has 1 aromatic rings. The molecule has 1 aromatic carbocycles. The van der Waals surface area contributed by atoms with Gasteiger partial charge in [0.15, 0.2) is 0 Å². The molecule has 0 bridgehead atoms. The summed E-state index contributed by atoms with van der Waals surface area (Å²) in [6.07, 6.45) is 3.18. The summed E-state index contributed by atoms with van der Waals surface area (Å²) in [6, 6.07) is 7.82. The molecule has 1 N–H and O–H groups in total. The number of nitrogens with one attached hydrogen (secondary N) is 1. The number of hydrogen-bond acceptors (Lipinski definition) is 5. The Morgan fingerprint density at radius 3 is 2.70 bits per heavy atom. The summed E-state index contributed by atoms with van der Waals surface area (Å²) >= 11 is 3.68. The summed E-state index contributed by atoms with van der Waals surface area (Å²) in [5, 5.41) is 3.17. The van der Waals surface area contributed by atoms with E-state index in [1.54, 1.807) is 11.8 Å². The molecule has 1 atom stereocenters. The zero-order valence-electron chi connectivity index (χ0n) is 13.5. The average Bonchev–Trinajstić information content (AvgIpc) is 3.11.